The van der Waals surface area contributed by atoms with Crippen molar-refractivity contribution in [2.45, 2.75) is 51.4 Å². The Kier molecular flexibility index (Phi) is 5.28. The van der Waals surface area contributed by atoms with Gasteiger partial charge in [-0.05, 0) is 69.6 Å². The molecule has 1 saturated heterocycles. The standard InChI is InChI=1S/C22H25BCl2FNO2/c1-21(2)22(3,4)29-23(28-21)17-8-14-11-27(5)12-16(15(14)10-20(17)26)13-6-7-18(24)19(25)9-13/h6-10,16H,11-12H2,1-5H3. The molecule has 0 N–H and O–H groups in total. The van der Waals surface area contributed by atoms with Crippen LogP contribution in [0, 0.1) is 5.82 Å². The van der Waals surface area contributed by atoms with Crippen molar-refractivity contribution in [1.29, 1.82) is 0 Å². The molecular formula is C22H25BCl2FNO2. The Bertz CT molecular complexity index is 950. The molecule has 0 saturated carbocycles. The lowest BCUT2D eigenvalue weighted by Crippen LogP contribution is -2.41. The predicted octanol–water partition coefficient (Wildman–Crippen LogP) is 5.01. The topological polar surface area (TPSA) is 21.7 Å². The molecule has 0 aliphatic carbocycles. The minimum Gasteiger partial charge on any atom is -0.399 e. The van der Waals surface area contributed by atoms with E-state index in [9.17, 15) is 0 Å². The zero-order valence-corrected chi connectivity index (χ0v) is 18.9. The summed E-state index contributed by atoms with van der Waals surface area (Å²) in [6, 6.07) is 9.16. The molecular weight excluding hydrogens is 411 g/mol. The minimum absolute atomic E-state index is 0.0142. The van der Waals surface area contributed by atoms with Gasteiger partial charge in [0.15, 0.2) is 0 Å². The monoisotopic (exact) mass is 435 g/mol. The second-order valence-corrected chi connectivity index (χ2v) is 9.90. The van der Waals surface area contributed by atoms with E-state index in [0.717, 1.165) is 29.8 Å². The molecule has 2 aliphatic heterocycles. The van der Waals surface area contributed by atoms with Gasteiger partial charge in [0, 0.05) is 24.5 Å². The van der Waals surface area contributed by atoms with Crippen molar-refractivity contribution in [3.05, 3.63) is 62.9 Å². The summed E-state index contributed by atoms with van der Waals surface area (Å²) in [4.78, 5) is 2.22. The Morgan fingerprint density at radius 1 is 1.03 bits per heavy atom. The molecule has 2 aliphatic rings. The summed E-state index contributed by atoms with van der Waals surface area (Å²) in [5.41, 5.74) is 2.49. The molecule has 0 amide bonds. The molecule has 3 nitrogen and oxygen atoms in total. The quantitative estimate of drug-likeness (QED) is 0.619. The van der Waals surface area contributed by atoms with E-state index in [2.05, 4.69) is 11.9 Å². The Balaban J connectivity index is 1.75. The number of hydrogen-bond donors (Lipinski definition) is 0. The van der Waals surface area contributed by atoms with Crippen molar-refractivity contribution in [2.24, 2.45) is 0 Å². The SMILES string of the molecule is CN1Cc2cc(B3OC(C)(C)C(C)(C)O3)c(F)cc2C(c2ccc(Cl)c(Cl)c2)C1. The fourth-order valence-corrected chi connectivity index (χ4v) is 4.35. The zero-order valence-electron chi connectivity index (χ0n) is 17.4. The van der Waals surface area contributed by atoms with Crippen molar-refractivity contribution in [3.63, 3.8) is 0 Å². The van der Waals surface area contributed by atoms with Gasteiger partial charge in [-0.1, -0.05) is 35.3 Å². The zero-order chi connectivity index (χ0) is 21.1. The van der Waals surface area contributed by atoms with Crippen LogP contribution < -0.4 is 5.46 Å². The highest BCUT2D eigenvalue weighted by Gasteiger charge is 2.52. The van der Waals surface area contributed by atoms with E-state index >= 15 is 4.39 Å². The van der Waals surface area contributed by atoms with E-state index in [1.54, 1.807) is 12.1 Å². The fraction of sp³-hybridized carbons (Fsp3) is 0.455. The summed E-state index contributed by atoms with van der Waals surface area (Å²) in [5.74, 6) is -0.294. The lowest BCUT2D eigenvalue weighted by atomic mass is 9.74. The largest absolute Gasteiger partial charge is 0.497 e. The van der Waals surface area contributed by atoms with Crippen molar-refractivity contribution in [3.8, 4) is 0 Å². The smallest absolute Gasteiger partial charge is 0.399 e. The molecule has 0 bridgehead atoms. The normalized spacial score (nSPS) is 23.3. The van der Waals surface area contributed by atoms with Gasteiger partial charge >= 0.3 is 7.12 Å². The maximum absolute atomic E-state index is 15.2. The van der Waals surface area contributed by atoms with Crippen LogP contribution in [0.5, 0.6) is 0 Å². The van der Waals surface area contributed by atoms with E-state index < -0.39 is 18.3 Å². The van der Waals surface area contributed by atoms with Crippen LogP contribution in [0.1, 0.15) is 50.3 Å². The van der Waals surface area contributed by atoms with E-state index in [0.29, 0.717) is 15.5 Å². The number of likely N-dealkylation sites (N-methyl/N-ethyl adjacent to an activating group) is 1. The highest BCUT2D eigenvalue weighted by Crippen LogP contribution is 2.39. The summed E-state index contributed by atoms with van der Waals surface area (Å²) in [5, 5.41) is 1.02. The number of halogens is 3. The third kappa shape index (κ3) is 3.72. The summed E-state index contributed by atoms with van der Waals surface area (Å²) < 4.78 is 27.4. The van der Waals surface area contributed by atoms with Gasteiger partial charge in [0.25, 0.3) is 0 Å². The summed E-state index contributed by atoms with van der Waals surface area (Å²) in [7, 11) is 1.34. The number of nitrogens with zero attached hydrogens (tertiary/aromatic N) is 1. The molecule has 7 heteroatoms. The Morgan fingerprint density at radius 2 is 1.69 bits per heavy atom. The maximum Gasteiger partial charge on any atom is 0.497 e. The van der Waals surface area contributed by atoms with Gasteiger partial charge in [-0.2, -0.15) is 0 Å². The van der Waals surface area contributed by atoms with Gasteiger partial charge in [0.05, 0.1) is 21.2 Å². The van der Waals surface area contributed by atoms with Gasteiger partial charge in [0.2, 0.25) is 0 Å². The second-order valence-electron chi connectivity index (χ2n) is 9.08. The van der Waals surface area contributed by atoms with Gasteiger partial charge in [-0.3, -0.25) is 0 Å². The Labute approximate surface area is 182 Å². The molecule has 154 valence electrons. The molecule has 0 aromatic heterocycles. The van der Waals surface area contributed by atoms with E-state index in [4.69, 9.17) is 32.5 Å². The minimum atomic E-state index is -0.721. The van der Waals surface area contributed by atoms with Crippen molar-refractivity contribution in [1.82, 2.24) is 4.90 Å². The molecule has 1 unspecified atom stereocenters. The van der Waals surface area contributed by atoms with Gasteiger partial charge in [-0.25, -0.2) is 4.39 Å². The molecule has 0 radical (unpaired) electrons. The first kappa shape index (κ1) is 21.1. The van der Waals surface area contributed by atoms with Crippen LogP contribution in [-0.2, 0) is 15.9 Å². The molecule has 2 aromatic carbocycles. The molecule has 29 heavy (non-hydrogen) atoms. The summed E-state index contributed by atoms with van der Waals surface area (Å²) >= 11 is 12.3. The first-order valence-corrected chi connectivity index (χ1v) is 10.6. The third-order valence-electron chi connectivity index (χ3n) is 6.42. The number of rotatable bonds is 2. The molecule has 2 heterocycles. The van der Waals surface area contributed by atoms with Gasteiger partial charge in [0.1, 0.15) is 5.82 Å². The third-order valence-corrected chi connectivity index (χ3v) is 7.16. The molecule has 0 spiro atoms. The second kappa shape index (κ2) is 7.24. The van der Waals surface area contributed by atoms with Crippen LogP contribution in [0.2, 0.25) is 10.0 Å². The maximum atomic E-state index is 15.2. The number of fused-ring (bicyclic) bond motifs is 1. The Morgan fingerprint density at radius 3 is 2.31 bits per heavy atom. The molecule has 2 aromatic rings. The molecule has 1 fully saturated rings. The highest BCUT2D eigenvalue weighted by atomic mass is 35.5. The summed E-state index contributed by atoms with van der Waals surface area (Å²) in [6.45, 7) is 9.39. The average molecular weight is 436 g/mol. The number of benzene rings is 2. The van der Waals surface area contributed by atoms with Gasteiger partial charge < -0.3 is 14.2 Å². The molecule has 1 atom stereocenters. The first-order valence-electron chi connectivity index (χ1n) is 9.80. The average Bonchev–Trinajstić information content (AvgIpc) is 2.84. The predicted molar refractivity (Wildman–Crippen MR) is 117 cm³/mol. The first-order chi connectivity index (χ1) is 13.5. The molecule has 4 rings (SSSR count). The van der Waals surface area contributed by atoms with Crippen LogP contribution in [-0.4, -0.2) is 36.8 Å². The van der Waals surface area contributed by atoms with Crippen LogP contribution in [0.25, 0.3) is 0 Å². The van der Waals surface area contributed by atoms with Crippen LogP contribution in [0.4, 0.5) is 4.39 Å². The Hall–Kier alpha value is -1.11. The van der Waals surface area contributed by atoms with Crippen molar-refractivity contribution < 1.29 is 13.7 Å². The lowest BCUT2D eigenvalue weighted by molar-refractivity contribution is 0.00578. The lowest BCUT2D eigenvalue weighted by Gasteiger charge is -2.33. The fourth-order valence-electron chi connectivity index (χ4n) is 4.04. The van der Waals surface area contributed by atoms with Crippen molar-refractivity contribution in [2.75, 3.05) is 13.6 Å². The van der Waals surface area contributed by atoms with Crippen LogP contribution >= 0.6 is 23.2 Å². The van der Waals surface area contributed by atoms with Crippen LogP contribution in [0.15, 0.2) is 30.3 Å². The van der Waals surface area contributed by atoms with Crippen LogP contribution in [0.3, 0.4) is 0 Å². The highest BCUT2D eigenvalue weighted by molar-refractivity contribution is 6.62. The van der Waals surface area contributed by atoms with E-state index in [1.807, 2.05) is 45.9 Å². The van der Waals surface area contributed by atoms with E-state index in [-0.39, 0.29) is 11.7 Å². The van der Waals surface area contributed by atoms with Gasteiger partial charge in [-0.15, -0.1) is 0 Å². The van der Waals surface area contributed by atoms with Crippen molar-refractivity contribution >= 4 is 35.8 Å². The summed E-state index contributed by atoms with van der Waals surface area (Å²) in [6.07, 6.45) is 0. The van der Waals surface area contributed by atoms with E-state index in [1.165, 1.54) is 0 Å². The number of hydrogen-bond acceptors (Lipinski definition) is 3.